The molecule has 3 aromatic rings. The maximum Gasteiger partial charge on any atom is 0.261 e. The van der Waals surface area contributed by atoms with Crippen LogP contribution in [-0.4, -0.2) is 27.6 Å². The van der Waals surface area contributed by atoms with Gasteiger partial charge in [0, 0.05) is 23.4 Å². The number of rotatable bonds is 5. The fraction of sp³-hybridized carbons (Fsp3) is 0.167. The van der Waals surface area contributed by atoms with Crippen molar-refractivity contribution < 1.29 is 14.4 Å². The summed E-state index contributed by atoms with van der Waals surface area (Å²) in [4.78, 5) is 53.8. The molecular formula is C24H21N3O4. The number of fused-ring (bicyclic) bond motifs is 1. The highest BCUT2D eigenvalue weighted by atomic mass is 16.2. The summed E-state index contributed by atoms with van der Waals surface area (Å²) in [5, 5.41) is 2.76. The average Bonchev–Trinajstić information content (AvgIpc) is 2.98. The number of nitrogens with zero attached hydrogens (tertiary/aromatic N) is 1. The van der Waals surface area contributed by atoms with E-state index in [1.807, 2.05) is 13.0 Å². The number of nitrogens with one attached hydrogen (secondary N) is 2. The molecule has 7 heteroatoms. The zero-order chi connectivity index (χ0) is 22.1. The van der Waals surface area contributed by atoms with Gasteiger partial charge in [0.05, 0.1) is 17.7 Å². The van der Waals surface area contributed by atoms with E-state index in [-0.39, 0.29) is 36.4 Å². The molecule has 0 aliphatic carbocycles. The van der Waals surface area contributed by atoms with Crippen LogP contribution in [0.25, 0.3) is 0 Å². The number of pyridine rings is 1. The first-order valence-electron chi connectivity index (χ1n) is 9.87. The second-order valence-corrected chi connectivity index (χ2v) is 7.57. The van der Waals surface area contributed by atoms with Crippen molar-refractivity contribution in [3.63, 3.8) is 0 Å². The molecule has 0 spiro atoms. The van der Waals surface area contributed by atoms with Gasteiger partial charge in [0.15, 0.2) is 0 Å². The van der Waals surface area contributed by atoms with Crippen LogP contribution in [0.3, 0.4) is 0 Å². The van der Waals surface area contributed by atoms with E-state index in [4.69, 9.17) is 0 Å². The van der Waals surface area contributed by atoms with Gasteiger partial charge in [-0.2, -0.15) is 0 Å². The predicted octanol–water partition coefficient (Wildman–Crippen LogP) is 2.72. The molecule has 0 bridgehead atoms. The van der Waals surface area contributed by atoms with Gasteiger partial charge in [0.2, 0.25) is 0 Å². The van der Waals surface area contributed by atoms with Crippen molar-refractivity contribution in [1.29, 1.82) is 0 Å². The van der Waals surface area contributed by atoms with Crippen LogP contribution in [0.1, 0.15) is 53.5 Å². The van der Waals surface area contributed by atoms with Crippen molar-refractivity contribution >= 4 is 17.7 Å². The first-order valence-corrected chi connectivity index (χ1v) is 9.87. The van der Waals surface area contributed by atoms with E-state index in [1.54, 1.807) is 55.5 Å². The molecule has 2 heterocycles. The van der Waals surface area contributed by atoms with E-state index in [0.29, 0.717) is 27.8 Å². The smallest absolute Gasteiger partial charge is 0.261 e. The van der Waals surface area contributed by atoms with Crippen molar-refractivity contribution in [2.45, 2.75) is 26.9 Å². The van der Waals surface area contributed by atoms with Gasteiger partial charge in [-0.1, -0.05) is 24.3 Å². The summed E-state index contributed by atoms with van der Waals surface area (Å²) >= 11 is 0. The lowest BCUT2D eigenvalue weighted by Crippen LogP contribution is -2.30. The number of H-pyrrole nitrogens is 1. The maximum atomic E-state index is 12.6. The Balaban J connectivity index is 1.48. The van der Waals surface area contributed by atoms with Gasteiger partial charge in [-0.15, -0.1) is 0 Å². The highest BCUT2D eigenvalue weighted by Crippen LogP contribution is 2.24. The number of imide groups is 1. The van der Waals surface area contributed by atoms with E-state index in [2.05, 4.69) is 10.3 Å². The van der Waals surface area contributed by atoms with Crippen LogP contribution in [0.4, 0.5) is 0 Å². The molecule has 0 radical (unpaired) electrons. The van der Waals surface area contributed by atoms with Crippen LogP contribution < -0.4 is 10.9 Å². The van der Waals surface area contributed by atoms with Crippen molar-refractivity contribution in [3.05, 3.63) is 104 Å². The Hall–Kier alpha value is -4.00. The zero-order valence-corrected chi connectivity index (χ0v) is 17.2. The first kappa shape index (κ1) is 20.3. The highest BCUT2D eigenvalue weighted by Gasteiger charge is 2.34. The number of aromatic nitrogens is 1. The third kappa shape index (κ3) is 3.90. The quantitative estimate of drug-likeness (QED) is 0.626. The molecule has 31 heavy (non-hydrogen) atoms. The number of carbonyl (C=O) groups is 3. The van der Waals surface area contributed by atoms with E-state index in [1.165, 1.54) is 4.90 Å². The Kier molecular flexibility index (Phi) is 5.25. The lowest BCUT2D eigenvalue weighted by Gasteiger charge is -2.14. The van der Waals surface area contributed by atoms with E-state index >= 15 is 0 Å². The molecule has 4 rings (SSSR count). The van der Waals surface area contributed by atoms with Crippen LogP contribution in [0, 0.1) is 13.8 Å². The summed E-state index contributed by atoms with van der Waals surface area (Å²) in [7, 11) is 0. The second-order valence-electron chi connectivity index (χ2n) is 7.57. The summed E-state index contributed by atoms with van der Waals surface area (Å²) in [5.41, 5.74) is 3.67. The van der Waals surface area contributed by atoms with E-state index in [0.717, 1.165) is 11.3 Å². The first-order chi connectivity index (χ1) is 14.8. The minimum absolute atomic E-state index is 0.0736. The number of aromatic amines is 1. The fourth-order valence-electron chi connectivity index (χ4n) is 3.75. The average molecular weight is 415 g/mol. The van der Waals surface area contributed by atoms with Crippen molar-refractivity contribution in [1.82, 2.24) is 15.2 Å². The molecule has 2 aromatic carbocycles. The molecule has 0 unspecified atom stereocenters. The Labute approximate surface area is 178 Å². The number of hydrogen-bond donors (Lipinski definition) is 2. The molecule has 156 valence electrons. The van der Waals surface area contributed by atoms with Gasteiger partial charge < -0.3 is 10.3 Å². The van der Waals surface area contributed by atoms with Gasteiger partial charge in [0.25, 0.3) is 23.3 Å². The Bertz CT molecular complexity index is 1240. The molecule has 0 atom stereocenters. The predicted molar refractivity (Wildman–Crippen MR) is 115 cm³/mol. The minimum atomic E-state index is -0.344. The topological polar surface area (TPSA) is 99.3 Å². The molecule has 1 aliphatic heterocycles. The van der Waals surface area contributed by atoms with Gasteiger partial charge in [-0.05, 0) is 55.3 Å². The number of carbonyl (C=O) groups excluding carboxylic acids is 3. The normalized spacial score (nSPS) is 12.8. The summed E-state index contributed by atoms with van der Waals surface area (Å²) in [6.07, 6.45) is 0. The Morgan fingerprint density at radius 2 is 1.61 bits per heavy atom. The molecule has 7 nitrogen and oxygen atoms in total. The third-order valence-corrected chi connectivity index (χ3v) is 5.33. The monoisotopic (exact) mass is 415 g/mol. The minimum Gasteiger partial charge on any atom is -0.348 e. The third-order valence-electron chi connectivity index (χ3n) is 5.33. The van der Waals surface area contributed by atoms with Gasteiger partial charge in [-0.3, -0.25) is 24.1 Å². The van der Waals surface area contributed by atoms with Crippen molar-refractivity contribution in [3.8, 4) is 0 Å². The molecular weight excluding hydrogens is 394 g/mol. The fourth-order valence-corrected chi connectivity index (χ4v) is 3.75. The van der Waals surface area contributed by atoms with E-state index < -0.39 is 0 Å². The zero-order valence-electron chi connectivity index (χ0n) is 17.2. The lowest BCUT2D eigenvalue weighted by atomic mass is 10.1. The van der Waals surface area contributed by atoms with Crippen LogP contribution in [0.2, 0.25) is 0 Å². The summed E-state index contributed by atoms with van der Waals surface area (Å²) in [6, 6.07) is 15.3. The number of benzene rings is 2. The molecule has 1 aromatic heterocycles. The molecule has 1 aliphatic rings. The maximum absolute atomic E-state index is 12.6. The Morgan fingerprint density at radius 1 is 0.935 bits per heavy atom. The van der Waals surface area contributed by atoms with Crippen molar-refractivity contribution in [2.24, 2.45) is 0 Å². The summed E-state index contributed by atoms with van der Waals surface area (Å²) in [6.45, 7) is 3.80. The largest absolute Gasteiger partial charge is 0.348 e. The molecule has 3 amide bonds. The molecule has 2 N–H and O–H groups in total. The van der Waals surface area contributed by atoms with Crippen LogP contribution in [0.15, 0.2) is 59.4 Å². The summed E-state index contributed by atoms with van der Waals surface area (Å²) in [5.74, 6) is -1.03. The van der Waals surface area contributed by atoms with Gasteiger partial charge in [0.1, 0.15) is 0 Å². The second kappa shape index (κ2) is 8.02. The van der Waals surface area contributed by atoms with Gasteiger partial charge in [-0.25, -0.2) is 0 Å². The summed E-state index contributed by atoms with van der Waals surface area (Å²) < 4.78 is 0. The van der Waals surface area contributed by atoms with E-state index in [9.17, 15) is 19.2 Å². The molecule has 0 saturated carbocycles. The van der Waals surface area contributed by atoms with Crippen LogP contribution >= 0.6 is 0 Å². The number of hydrogen-bond acceptors (Lipinski definition) is 4. The SMILES string of the molecule is Cc1cc(C)c(CNC(=O)c2cccc(CN3C(=O)c4ccccc4C3=O)c2)c(=O)[nH]1. The van der Waals surface area contributed by atoms with Crippen LogP contribution in [-0.2, 0) is 13.1 Å². The van der Waals surface area contributed by atoms with Gasteiger partial charge >= 0.3 is 0 Å². The number of amides is 3. The standard InChI is InChI=1S/C24H21N3O4/c1-14-10-15(2)26-22(29)20(14)12-25-21(28)17-7-5-6-16(11-17)13-27-23(30)18-8-3-4-9-19(18)24(27)31/h3-11H,12-13H2,1-2H3,(H,25,28)(H,26,29). The molecule has 0 saturated heterocycles. The van der Waals surface area contributed by atoms with Crippen molar-refractivity contribution in [2.75, 3.05) is 0 Å². The van der Waals surface area contributed by atoms with Crippen LogP contribution in [0.5, 0.6) is 0 Å². The lowest BCUT2D eigenvalue weighted by molar-refractivity contribution is 0.0642. The Morgan fingerprint density at radius 3 is 2.26 bits per heavy atom. The highest BCUT2D eigenvalue weighted by molar-refractivity contribution is 6.21. The molecule has 0 fully saturated rings. The number of aryl methyl sites for hydroxylation is 2.